The fraction of sp³-hybridized carbons (Fsp3) is 0. The smallest absolute Gasteiger partial charge is 0.321 e. The van der Waals surface area contributed by atoms with E-state index < -0.39 is 0 Å². The number of halogens is 2. The van der Waals surface area contributed by atoms with Crippen LogP contribution in [0.2, 0.25) is 10.0 Å². The lowest BCUT2D eigenvalue weighted by atomic mass is 10.3. The Balaban J connectivity index is 2.28. The van der Waals surface area contributed by atoms with Crippen LogP contribution in [0, 0.1) is 0 Å². The number of anilines is 3. The summed E-state index contributed by atoms with van der Waals surface area (Å²) in [6.45, 7) is 0. The van der Waals surface area contributed by atoms with Crippen molar-refractivity contribution in [3.05, 3.63) is 28.2 Å². The van der Waals surface area contributed by atoms with Crippen LogP contribution in [0.25, 0.3) is 0 Å². The zero-order chi connectivity index (χ0) is 10.8. The summed E-state index contributed by atoms with van der Waals surface area (Å²) >= 11 is 11.8. The minimum absolute atomic E-state index is 0.0179. The summed E-state index contributed by atoms with van der Waals surface area (Å²) in [6.07, 6.45) is 0. The average Bonchev–Trinajstić information content (AvgIpc) is 2.59. The topological polar surface area (TPSA) is 77.0 Å². The van der Waals surface area contributed by atoms with Crippen molar-refractivity contribution < 1.29 is 4.42 Å². The van der Waals surface area contributed by atoms with Crippen molar-refractivity contribution in [2.75, 3.05) is 11.1 Å². The van der Waals surface area contributed by atoms with Crippen LogP contribution in [0.5, 0.6) is 0 Å². The Bertz CT molecular complexity index is 485. The molecule has 0 radical (unpaired) electrons. The van der Waals surface area contributed by atoms with Gasteiger partial charge in [0.05, 0.1) is 15.7 Å². The van der Waals surface area contributed by atoms with Gasteiger partial charge < -0.3 is 15.5 Å². The van der Waals surface area contributed by atoms with Crippen molar-refractivity contribution in [1.82, 2.24) is 10.2 Å². The number of nitrogens with two attached hydrogens (primary N) is 1. The van der Waals surface area contributed by atoms with Crippen molar-refractivity contribution in [1.29, 1.82) is 0 Å². The number of nitrogen functional groups attached to an aromatic ring is 1. The molecule has 0 amide bonds. The molecule has 0 spiro atoms. The molecule has 0 unspecified atom stereocenters. The zero-order valence-electron chi connectivity index (χ0n) is 7.37. The maximum Gasteiger partial charge on any atom is 0.321 e. The van der Waals surface area contributed by atoms with Gasteiger partial charge in [-0.15, -0.1) is 0 Å². The maximum atomic E-state index is 5.93. The predicted molar refractivity (Wildman–Crippen MR) is 58.5 cm³/mol. The van der Waals surface area contributed by atoms with Crippen LogP contribution >= 0.6 is 23.2 Å². The van der Waals surface area contributed by atoms with Gasteiger partial charge in [-0.1, -0.05) is 39.5 Å². The van der Waals surface area contributed by atoms with Crippen LogP contribution in [0.15, 0.2) is 22.6 Å². The van der Waals surface area contributed by atoms with E-state index in [1.165, 1.54) is 0 Å². The zero-order valence-corrected chi connectivity index (χ0v) is 8.88. The van der Waals surface area contributed by atoms with Gasteiger partial charge in [-0.2, -0.15) is 0 Å². The maximum absolute atomic E-state index is 5.93. The Morgan fingerprint density at radius 1 is 1.27 bits per heavy atom. The molecule has 0 aliphatic rings. The van der Waals surface area contributed by atoms with Crippen LogP contribution in [0.4, 0.5) is 17.7 Å². The number of nitrogens with zero attached hydrogens (tertiary/aromatic N) is 2. The van der Waals surface area contributed by atoms with E-state index in [-0.39, 0.29) is 12.0 Å². The lowest BCUT2D eigenvalue weighted by Gasteiger charge is -2.04. The Kier molecular flexibility index (Phi) is 2.66. The highest BCUT2D eigenvalue weighted by Crippen LogP contribution is 2.31. The van der Waals surface area contributed by atoms with E-state index in [1.807, 2.05) is 0 Å². The van der Waals surface area contributed by atoms with Gasteiger partial charge in [0.25, 0.3) is 0 Å². The molecule has 0 saturated carbocycles. The Labute approximate surface area is 95.2 Å². The molecule has 0 bridgehead atoms. The summed E-state index contributed by atoms with van der Waals surface area (Å²) in [5, 5.41) is 10.7. The van der Waals surface area contributed by atoms with E-state index in [4.69, 9.17) is 33.4 Å². The minimum atomic E-state index is -0.0179. The molecule has 5 nitrogen and oxygen atoms in total. The molecular weight excluding hydrogens is 239 g/mol. The molecule has 2 aromatic rings. The molecule has 0 fully saturated rings. The molecule has 0 aliphatic heterocycles. The van der Waals surface area contributed by atoms with Gasteiger partial charge in [0, 0.05) is 0 Å². The largest absolute Gasteiger partial charge is 0.389 e. The molecule has 0 atom stereocenters. The first-order chi connectivity index (χ1) is 7.16. The summed E-state index contributed by atoms with van der Waals surface area (Å²) in [4.78, 5) is 0. The molecule has 1 aromatic heterocycles. The minimum Gasteiger partial charge on any atom is -0.389 e. The quantitative estimate of drug-likeness (QED) is 0.850. The fourth-order valence-corrected chi connectivity index (χ4v) is 1.35. The van der Waals surface area contributed by atoms with Gasteiger partial charge in [-0.05, 0) is 12.1 Å². The van der Waals surface area contributed by atoms with Gasteiger partial charge >= 0.3 is 12.0 Å². The second kappa shape index (κ2) is 3.96. The third-order valence-corrected chi connectivity index (χ3v) is 2.45. The highest BCUT2D eigenvalue weighted by Gasteiger charge is 2.07. The molecule has 0 aliphatic carbocycles. The number of aromatic nitrogens is 2. The van der Waals surface area contributed by atoms with E-state index in [2.05, 4.69) is 15.5 Å². The van der Waals surface area contributed by atoms with Gasteiger partial charge in [0.1, 0.15) is 0 Å². The summed E-state index contributed by atoms with van der Waals surface area (Å²) in [6, 6.07) is 5.30. The van der Waals surface area contributed by atoms with Gasteiger partial charge in [-0.3, -0.25) is 0 Å². The normalized spacial score (nSPS) is 10.3. The molecule has 1 aromatic carbocycles. The molecule has 78 valence electrons. The van der Waals surface area contributed by atoms with E-state index in [9.17, 15) is 0 Å². The second-order valence-corrected chi connectivity index (χ2v) is 3.46. The summed E-state index contributed by atoms with van der Waals surface area (Å²) < 4.78 is 4.93. The summed E-state index contributed by atoms with van der Waals surface area (Å²) in [7, 11) is 0. The highest BCUT2D eigenvalue weighted by molar-refractivity contribution is 6.43. The Morgan fingerprint density at radius 3 is 2.73 bits per heavy atom. The molecule has 1 heterocycles. The molecule has 15 heavy (non-hydrogen) atoms. The van der Waals surface area contributed by atoms with Crippen molar-refractivity contribution in [3.63, 3.8) is 0 Å². The van der Waals surface area contributed by atoms with Crippen LogP contribution < -0.4 is 11.1 Å². The van der Waals surface area contributed by atoms with Crippen LogP contribution in [-0.4, -0.2) is 10.2 Å². The van der Waals surface area contributed by atoms with Gasteiger partial charge in [0.2, 0.25) is 0 Å². The first-order valence-corrected chi connectivity index (χ1v) is 4.72. The third kappa shape index (κ3) is 2.14. The molecule has 0 saturated heterocycles. The standard InChI is InChI=1S/C8H6Cl2N4O/c9-4-2-1-3-5(6(4)10)12-8-14-13-7(11)15-8/h1-3H,(H2,11,13)(H,12,14). The predicted octanol–water partition coefficient (Wildman–Crippen LogP) is 2.70. The fourth-order valence-electron chi connectivity index (χ4n) is 1.00. The van der Waals surface area contributed by atoms with Crippen molar-refractivity contribution >= 4 is 40.9 Å². The van der Waals surface area contributed by atoms with Crippen LogP contribution in [-0.2, 0) is 0 Å². The second-order valence-electron chi connectivity index (χ2n) is 2.67. The first kappa shape index (κ1) is 10.1. The van der Waals surface area contributed by atoms with Crippen LogP contribution in [0.3, 0.4) is 0 Å². The number of hydrogen-bond acceptors (Lipinski definition) is 5. The molecule has 3 N–H and O–H groups in total. The average molecular weight is 245 g/mol. The molecular formula is C8H6Cl2N4O. The van der Waals surface area contributed by atoms with Gasteiger partial charge in [-0.25, -0.2) is 0 Å². The van der Waals surface area contributed by atoms with Crippen molar-refractivity contribution in [2.45, 2.75) is 0 Å². The van der Waals surface area contributed by atoms with E-state index in [0.29, 0.717) is 15.7 Å². The van der Waals surface area contributed by atoms with E-state index in [0.717, 1.165) is 0 Å². The lowest BCUT2D eigenvalue weighted by Crippen LogP contribution is -1.91. The van der Waals surface area contributed by atoms with Crippen molar-refractivity contribution in [2.24, 2.45) is 0 Å². The monoisotopic (exact) mass is 244 g/mol. The summed E-state index contributed by atoms with van der Waals surface area (Å²) in [5.74, 6) is 0. The number of rotatable bonds is 2. The SMILES string of the molecule is Nc1nnc(Nc2cccc(Cl)c2Cl)o1. The van der Waals surface area contributed by atoms with Crippen LogP contribution in [0.1, 0.15) is 0 Å². The lowest BCUT2D eigenvalue weighted by molar-refractivity contribution is 0.593. The summed E-state index contributed by atoms with van der Waals surface area (Å²) in [5.41, 5.74) is 5.84. The molecule has 7 heteroatoms. The Hall–Kier alpha value is -1.46. The molecule has 2 rings (SSSR count). The Morgan fingerprint density at radius 2 is 2.07 bits per heavy atom. The third-order valence-electron chi connectivity index (χ3n) is 1.63. The number of benzene rings is 1. The van der Waals surface area contributed by atoms with Crippen molar-refractivity contribution in [3.8, 4) is 0 Å². The van der Waals surface area contributed by atoms with Gasteiger partial charge in [0.15, 0.2) is 0 Å². The van der Waals surface area contributed by atoms with E-state index >= 15 is 0 Å². The highest BCUT2D eigenvalue weighted by atomic mass is 35.5. The number of hydrogen-bond donors (Lipinski definition) is 2. The van der Waals surface area contributed by atoms with E-state index in [1.54, 1.807) is 18.2 Å². The first-order valence-electron chi connectivity index (χ1n) is 3.97. The number of nitrogens with one attached hydrogen (secondary N) is 1.